The molecule has 2 aromatic carbocycles. The summed E-state index contributed by atoms with van der Waals surface area (Å²) in [6.07, 6.45) is -8.60. The van der Waals surface area contributed by atoms with Crippen molar-refractivity contribution in [2.75, 3.05) is 6.54 Å². The maximum absolute atomic E-state index is 13.1. The Morgan fingerprint density at radius 2 is 1.61 bits per heavy atom. The molecule has 0 aromatic heterocycles. The fourth-order valence-corrected chi connectivity index (χ4v) is 3.11. The number of alkyl halides is 6. The van der Waals surface area contributed by atoms with Gasteiger partial charge in [0.1, 0.15) is 6.54 Å². The second-order valence-electron chi connectivity index (χ2n) is 7.28. The molecule has 0 aliphatic heterocycles. The van der Waals surface area contributed by atoms with E-state index in [1.165, 1.54) is 6.07 Å². The zero-order valence-electron chi connectivity index (χ0n) is 16.6. The highest BCUT2D eigenvalue weighted by Gasteiger charge is 2.37. The monoisotopic (exact) mass is 442 g/mol. The summed E-state index contributed by atoms with van der Waals surface area (Å²) in [5.74, 6) is -0.221. The van der Waals surface area contributed by atoms with E-state index in [1.807, 2.05) is 6.92 Å². The third-order valence-corrected chi connectivity index (χ3v) is 4.66. The van der Waals surface area contributed by atoms with E-state index in [1.54, 1.807) is 24.3 Å². The first kappa shape index (κ1) is 24.3. The Hall–Kier alpha value is -3.02. The Morgan fingerprint density at radius 3 is 2.16 bits per heavy atom. The number of amides is 1. The molecule has 9 heteroatoms. The molecule has 2 rings (SSSR count). The number of rotatable bonds is 7. The molecule has 0 aliphatic rings. The van der Waals surface area contributed by atoms with Gasteiger partial charge in [-0.05, 0) is 53.6 Å². The zero-order valence-corrected chi connectivity index (χ0v) is 16.6. The Labute approximate surface area is 175 Å². The molecule has 1 atom stereocenters. The predicted molar refractivity (Wildman–Crippen MR) is 103 cm³/mol. The molecule has 0 fully saturated rings. The number of hydrogen-bond acceptors (Lipinski definition) is 2. The average Bonchev–Trinajstić information content (AvgIpc) is 2.69. The van der Waals surface area contributed by atoms with Crippen LogP contribution < -0.4 is 5.32 Å². The van der Waals surface area contributed by atoms with Crippen molar-refractivity contribution in [1.82, 2.24) is 5.32 Å². The largest absolute Gasteiger partial charge is 0.416 e. The molecule has 1 N–H and O–H groups in total. The van der Waals surface area contributed by atoms with Crippen LogP contribution in [0.25, 0.3) is 11.1 Å². The predicted octanol–water partition coefficient (Wildman–Crippen LogP) is 5.99. The zero-order chi connectivity index (χ0) is 23.2. The van der Waals surface area contributed by atoms with Gasteiger partial charge in [0.2, 0.25) is 5.91 Å². The second kappa shape index (κ2) is 9.86. The van der Waals surface area contributed by atoms with Gasteiger partial charge in [-0.25, -0.2) is 0 Å². The summed E-state index contributed by atoms with van der Waals surface area (Å²) in [5, 5.41) is 10.9. The van der Waals surface area contributed by atoms with Gasteiger partial charge in [0.05, 0.1) is 17.2 Å². The number of halogens is 6. The molecule has 0 bridgehead atoms. The van der Waals surface area contributed by atoms with Crippen LogP contribution in [0.3, 0.4) is 0 Å². The molecular formula is C22H20F6N2O. The first-order valence-electron chi connectivity index (χ1n) is 9.42. The quantitative estimate of drug-likeness (QED) is 0.423. The average molecular weight is 442 g/mol. The normalized spacial score (nSPS) is 12.8. The van der Waals surface area contributed by atoms with Crippen LogP contribution in [-0.2, 0) is 23.6 Å². The van der Waals surface area contributed by atoms with Crippen LogP contribution in [0.15, 0.2) is 42.5 Å². The summed E-state index contributed by atoms with van der Waals surface area (Å²) >= 11 is 0. The van der Waals surface area contributed by atoms with Gasteiger partial charge in [-0.15, -0.1) is 0 Å². The molecular weight excluding hydrogens is 422 g/mol. The van der Waals surface area contributed by atoms with E-state index >= 15 is 0 Å². The molecule has 1 amide bonds. The number of nitrogens with one attached hydrogen (secondary N) is 1. The van der Waals surface area contributed by atoms with Crippen molar-refractivity contribution < 1.29 is 31.1 Å². The van der Waals surface area contributed by atoms with E-state index in [-0.39, 0.29) is 42.0 Å². The number of benzene rings is 2. The van der Waals surface area contributed by atoms with E-state index in [2.05, 4.69) is 5.32 Å². The molecule has 2 aromatic rings. The van der Waals surface area contributed by atoms with E-state index in [9.17, 15) is 31.1 Å². The van der Waals surface area contributed by atoms with Gasteiger partial charge < -0.3 is 5.32 Å². The van der Waals surface area contributed by atoms with Crippen LogP contribution in [-0.4, -0.2) is 12.5 Å². The van der Waals surface area contributed by atoms with Crippen molar-refractivity contribution in [3.05, 3.63) is 59.2 Å². The highest BCUT2D eigenvalue weighted by Crippen LogP contribution is 2.38. The minimum absolute atomic E-state index is 0.0373. The molecule has 0 heterocycles. The van der Waals surface area contributed by atoms with Gasteiger partial charge in [-0.2, -0.15) is 31.6 Å². The van der Waals surface area contributed by atoms with Crippen LogP contribution in [0.4, 0.5) is 26.3 Å². The van der Waals surface area contributed by atoms with Gasteiger partial charge in [0.25, 0.3) is 0 Å². The van der Waals surface area contributed by atoms with E-state index < -0.39 is 23.5 Å². The SMILES string of the molecule is CC(CCC(=O)NCC#N)Cc1cccc(-c2cc(C(F)(F)F)cc(C(F)(F)F)c2)c1. The van der Waals surface area contributed by atoms with Crippen LogP contribution in [0.1, 0.15) is 36.5 Å². The number of nitrogens with zero attached hydrogens (tertiary/aromatic N) is 1. The van der Waals surface area contributed by atoms with Crippen LogP contribution in [0.2, 0.25) is 0 Å². The van der Waals surface area contributed by atoms with Gasteiger partial charge in [-0.3, -0.25) is 4.79 Å². The topological polar surface area (TPSA) is 52.9 Å². The van der Waals surface area contributed by atoms with E-state index in [0.29, 0.717) is 25.0 Å². The Morgan fingerprint density at radius 1 is 1.00 bits per heavy atom. The molecule has 166 valence electrons. The van der Waals surface area contributed by atoms with Crippen molar-refractivity contribution >= 4 is 5.91 Å². The number of carbonyl (C=O) groups excluding carboxylic acids is 1. The maximum atomic E-state index is 13.1. The van der Waals surface area contributed by atoms with Crippen LogP contribution in [0, 0.1) is 17.2 Å². The minimum atomic E-state index is -4.91. The highest BCUT2D eigenvalue weighted by molar-refractivity contribution is 5.76. The number of hydrogen-bond donors (Lipinski definition) is 1. The van der Waals surface area contributed by atoms with E-state index in [4.69, 9.17) is 5.26 Å². The van der Waals surface area contributed by atoms with Gasteiger partial charge in [-0.1, -0.05) is 31.2 Å². The van der Waals surface area contributed by atoms with E-state index in [0.717, 1.165) is 5.56 Å². The van der Waals surface area contributed by atoms with Gasteiger partial charge in [0, 0.05) is 6.42 Å². The summed E-state index contributed by atoms with van der Waals surface area (Å²) < 4.78 is 78.7. The fourth-order valence-electron chi connectivity index (χ4n) is 3.11. The first-order chi connectivity index (χ1) is 14.4. The molecule has 1 unspecified atom stereocenters. The van der Waals surface area contributed by atoms with Crippen LogP contribution >= 0.6 is 0 Å². The Kier molecular flexibility index (Phi) is 7.71. The van der Waals surface area contributed by atoms with Crippen molar-refractivity contribution in [2.24, 2.45) is 5.92 Å². The first-order valence-corrected chi connectivity index (χ1v) is 9.42. The molecule has 0 saturated heterocycles. The number of carbonyl (C=O) groups is 1. The summed E-state index contributed by atoms with van der Waals surface area (Å²) in [4.78, 5) is 11.6. The van der Waals surface area contributed by atoms with Crippen molar-refractivity contribution in [1.29, 1.82) is 5.26 Å². The smallest absolute Gasteiger partial charge is 0.343 e. The van der Waals surface area contributed by atoms with Crippen molar-refractivity contribution in [3.63, 3.8) is 0 Å². The number of nitriles is 1. The summed E-state index contributed by atoms with van der Waals surface area (Å²) in [7, 11) is 0. The summed E-state index contributed by atoms with van der Waals surface area (Å²) in [6.45, 7) is 1.81. The van der Waals surface area contributed by atoms with Crippen molar-refractivity contribution in [3.8, 4) is 17.2 Å². The molecule has 0 aliphatic carbocycles. The molecule has 0 saturated carbocycles. The van der Waals surface area contributed by atoms with Gasteiger partial charge >= 0.3 is 12.4 Å². The lowest BCUT2D eigenvalue weighted by molar-refractivity contribution is -0.143. The lowest BCUT2D eigenvalue weighted by Gasteiger charge is -2.15. The standard InChI is InChI=1S/C22H20F6N2O/c1-14(5-6-20(31)30-8-7-29)9-15-3-2-4-16(10-15)17-11-18(21(23,24)25)13-19(12-17)22(26,27)28/h2-4,10-14H,5-6,8-9H2,1H3,(H,30,31). The maximum Gasteiger partial charge on any atom is 0.416 e. The minimum Gasteiger partial charge on any atom is -0.343 e. The second-order valence-corrected chi connectivity index (χ2v) is 7.28. The third kappa shape index (κ3) is 7.31. The highest BCUT2D eigenvalue weighted by atomic mass is 19.4. The lowest BCUT2D eigenvalue weighted by Crippen LogP contribution is -2.23. The Balaban J connectivity index is 2.23. The van der Waals surface area contributed by atoms with Crippen molar-refractivity contribution in [2.45, 2.75) is 38.5 Å². The fraction of sp³-hybridized carbons (Fsp3) is 0.364. The molecule has 3 nitrogen and oxygen atoms in total. The molecule has 31 heavy (non-hydrogen) atoms. The Bertz CT molecular complexity index is 927. The van der Waals surface area contributed by atoms with Crippen LogP contribution in [0.5, 0.6) is 0 Å². The molecule has 0 radical (unpaired) electrons. The summed E-state index contributed by atoms with van der Waals surface area (Å²) in [5.41, 5.74) is -1.92. The third-order valence-electron chi connectivity index (χ3n) is 4.66. The summed E-state index contributed by atoms with van der Waals surface area (Å²) in [6, 6.07) is 9.64. The lowest BCUT2D eigenvalue weighted by atomic mass is 9.93. The molecule has 0 spiro atoms. The van der Waals surface area contributed by atoms with Gasteiger partial charge in [0.15, 0.2) is 0 Å².